The lowest BCUT2D eigenvalue weighted by molar-refractivity contribution is 1.28. The highest BCUT2D eigenvalue weighted by Crippen LogP contribution is 2.41. The fourth-order valence-corrected chi connectivity index (χ4v) is 6.44. The van der Waals surface area contributed by atoms with Crippen LogP contribution in [0, 0.1) is 0 Å². The Balaban J connectivity index is 1.32. The minimum absolute atomic E-state index is 0.0121. The fraction of sp³-hybridized carbons (Fsp3) is 0. The van der Waals surface area contributed by atoms with Gasteiger partial charge in [-0.25, -0.2) is 0 Å². The van der Waals surface area contributed by atoms with Gasteiger partial charge in [-0.15, -0.1) is 0 Å². The number of rotatable bonds is 7. The van der Waals surface area contributed by atoms with E-state index in [0.717, 1.165) is 43.8 Å². The molecular weight excluding hydrogens is 615 g/mol. The first-order valence-corrected chi connectivity index (χ1v) is 16.5. The van der Waals surface area contributed by atoms with Crippen molar-refractivity contribution in [1.29, 1.82) is 0 Å². The standard InChI is InChI=1S/C50H35N/c1-3-12-36(13-4-1)38-24-29-45(30-25-38)51(47-20-11-19-43(35-47)44-23-22-37-14-7-8-18-42(37)34-44)46-31-26-40(27-32-46)49-33-28-39-15-9-10-21-48(39)50(49)41-16-5-2-6-17-41/h1-35H/i1D,3D,4D,11D,12D,13D,19D,20D,24D,25D,29D,30D,35D. The molecule has 0 heterocycles. The van der Waals surface area contributed by atoms with Crippen LogP contribution in [0.25, 0.3) is 66.1 Å². The number of fused-ring (bicyclic) bond motifs is 2. The number of hydrogen-bond acceptors (Lipinski definition) is 1. The first kappa shape index (κ1) is 19.5. The predicted molar refractivity (Wildman–Crippen MR) is 218 cm³/mol. The second-order valence-corrected chi connectivity index (χ2v) is 12.0. The van der Waals surface area contributed by atoms with Gasteiger partial charge in [0.15, 0.2) is 0 Å². The van der Waals surface area contributed by atoms with Crippen LogP contribution < -0.4 is 4.90 Å². The molecule has 9 aromatic rings. The van der Waals surface area contributed by atoms with Crippen molar-refractivity contribution < 1.29 is 17.8 Å². The SMILES string of the molecule is [2H]c1c([2H])c([2H])c(-c2c([2H])c([2H])c(N(c3ccc(-c4ccc5ccccc5c4-c4ccccc4)cc3)c3c([2H])c([2H])c([2H])c(-c4ccc5ccccc5c4)c3[2H])c([2H])c2[2H])c([2H])c1[2H]. The molecule has 1 nitrogen and oxygen atoms in total. The highest BCUT2D eigenvalue weighted by Gasteiger charge is 2.16. The molecule has 0 unspecified atom stereocenters. The van der Waals surface area contributed by atoms with Crippen LogP contribution in [0.1, 0.15) is 17.8 Å². The highest BCUT2D eigenvalue weighted by molar-refractivity contribution is 6.04. The van der Waals surface area contributed by atoms with Crippen molar-refractivity contribution in [1.82, 2.24) is 0 Å². The minimum Gasteiger partial charge on any atom is -0.310 e. The number of nitrogens with zero attached hydrogens (tertiary/aromatic N) is 1. The van der Waals surface area contributed by atoms with Crippen LogP contribution in [-0.4, -0.2) is 0 Å². The molecular formula is C50H35N. The van der Waals surface area contributed by atoms with Gasteiger partial charge in [-0.1, -0.05) is 170 Å². The number of anilines is 3. The molecule has 9 aromatic carbocycles. The van der Waals surface area contributed by atoms with Crippen molar-refractivity contribution in [3.8, 4) is 44.5 Å². The normalized spacial score (nSPS) is 14.7. The molecule has 0 atom stereocenters. The molecule has 0 aromatic heterocycles. The van der Waals surface area contributed by atoms with Crippen molar-refractivity contribution in [2.24, 2.45) is 0 Å². The number of hydrogen-bond donors (Lipinski definition) is 0. The van der Waals surface area contributed by atoms with Gasteiger partial charge in [-0.3, -0.25) is 0 Å². The summed E-state index contributed by atoms with van der Waals surface area (Å²) < 4.78 is 116. The lowest BCUT2D eigenvalue weighted by Gasteiger charge is -2.26. The zero-order valence-corrected chi connectivity index (χ0v) is 27.1. The smallest absolute Gasteiger partial charge is 0.0651 e. The summed E-state index contributed by atoms with van der Waals surface area (Å²) in [4.78, 5) is 1.22. The average molecular weight is 663 g/mol. The molecule has 0 saturated heterocycles. The Morgan fingerprint density at radius 2 is 1.00 bits per heavy atom. The molecule has 0 aliphatic rings. The van der Waals surface area contributed by atoms with E-state index in [1.165, 1.54) is 4.90 Å². The van der Waals surface area contributed by atoms with Gasteiger partial charge in [0.2, 0.25) is 0 Å². The molecule has 0 spiro atoms. The van der Waals surface area contributed by atoms with Crippen molar-refractivity contribution in [3.63, 3.8) is 0 Å². The molecule has 0 bridgehead atoms. The average Bonchev–Trinajstić information content (AvgIpc) is 3.32. The van der Waals surface area contributed by atoms with E-state index in [1.54, 1.807) is 24.3 Å². The molecule has 240 valence electrons. The third-order valence-electron chi connectivity index (χ3n) is 8.89. The van der Waals surface area contributed by atoms with Crippen LogP contribution in [0.3, 0.4) is 0 Å². The lowest BCUT2D eigenvalue weighted by atomic mass is 9.90. The van der Waals surface area contributed by atoms with E-state index in [9.17, 15) is 8.22 Å². The molecule has 0 N–H and O–H groups in total. The maximum absolute atomic E-state index is 9.73. The molecule has 1 heteroatoms. The summed E-state index contributed by atoms with van der Waals surface area (Å²) >= 11 is 0. The summed E-state index contributed by atoms with van der Waals surface area (Å²) in [5.74, 6) is 0. The van der Waals surface area contributed by atoms with E-state index in [1.807, 2.05) is 103 Å². The summed E-state index contributed by atoms with van der Waals surface area (Å²) in [6, 6.07) is 33.7. The van der Waals surface area contributed by atoms with Crippen LogP contribution >= 0.6 is 0 Å². The molecule has 9 rings (SSSR count). The first-order valence-electron chi connectivity index (χ1n) is 23.0. The molecule has 0 radical (unpaired) electrons. The molecule has 0 fully saturated rings. The Hall–Kier alpha value is -6.70. The van der Waals surface area contributed by atoms with Gasteiger partial charge in [0, 0.05) is 17.1 Å². The monoisotopic (exact) mass is 662 g/mol. The third-order valence-corrected chi connectivity index (χ3v) is 8.89. The van der Waals surface area contributed by atoms with Crippen molar-refractivity contribution >= 4 is 38.6 Å². The van der Waals surface area contributed by atoms with Crippen LogP contribution in [0.15, 0.2) is 212 Å². The maximum Gasteiger partial charge on any atom is 0.0651 e. The summed E-state index contributed by atoms with van der Waals surface area (Å²) in [5, 5.41) is 3.78. The van der Waals surface area contributed by atoms with Gasteiger partial charge in [0.05, 0.1) is 17.8 Å². The Labute approximate surface area is 317 Å². The Morgan fingerprint density at radius 3 is 1.80 bits per heavy atom. The second-order valence-electron chi connectivity index (χ2n) is 12.0. The van der Waals surface area contributed by atoms with E-state index < -0.39 is 83.3 Å². The summed E-state index contributed by atoms with van der Waals surface area (Å²) in [5.41, 5.74) is 2.53. The van der Waals surface area contributed by atoms with E-state index in [-0.39, 0.29) is 29.0 Å². The molecule has 0 amide bonds. The highest BCUT2D eigenvalue weighted by atomic mass is 15.1. The van der Waals surface area contributed by atoms with E-state index >= 15 is 0 Å². The van der Waals surface area contributed by atoms with Gasteiger partial charge < -0.3 is 4.90 Å². The molecule has 51 heavy (non-hydrogen) atoms. The van der Waals surface area contributed by atoms with Crippen molar-refractivity contribution in [2.75, 3.05) is 4.90 Å². The van der Waals surface area contributed by atoms with E-state index in [4.69, 9.17) is 9.60 Å². The summed E-state index contributed by atoms with van der Waals surface area (Å²) in [7, 11) is 0. The number of benzene rings is 9. The zero-order valence-electron chi connectivity index (χ0n) is 40.1. The fourth-order valence-electron chi connectivity index (χ4n) is 6.44. The molecule has 0 aliphatic heterocycles. The largest absolute Gasteiger partial charge is 0.310 e. The summed E-state index contributed by atoms with van der Waals surface area (Å²) in [6.45, 7) is 0. The first-order chi connectivity index (χ1) is 30.7. The zero-order chi connectivity index (χ0) is 45.3. The Bertz CT molecular complexity index is 3310. The van der Waals surface area contributed by atoms with Crippen LogP contribution in [-0.2, 0) is 0 Å². The van der Waals surface area contributed by atoms with Crippen molar-refractivity contribution in [3.05, 3.63) is 212 Å². The van der Waals surface area contributed by atoms with Gasteiger partial charge >= 0.3 is 0 Å². The Morgan fingerprint density at radius 1 is 0.353 bits per heavy atom. The van der Waals surface area contributed by atoms with Gasteiger partial charge in [0.25, 0.3) is 0 Å². The van der Waals surface area contributed by atoms with Crippen LogP contribution in [0.2, 0.25) is 0 Å². The topological polar surface area (TPSA) is 3.24 Å². The van der Waals surface area contributed by atoms with Gasteiger partial charge in [-0.05, 0) is 108 Å². The summed E-state index contributed by atoms with van der Waals surface area (Å²) in [6.07, 6.45) is 0. The van der Waals surface area contributed by atoms with Crippen LogP contribution in [0.4, 0.5) is 17.1 Å². The lowest BCUT2D eigenvalue weighted by Crippen LogP contribution is -2.10. The molecule has 0 saturated carbocycles. The quantitative estimate of drug-likeness (QED) is 0.164. The van der Waals surface area contributed by atoms with Gasteiger partial charge in [0.1, 0.15) is 0 Å². The minimum atomic E-state index is -0.726. The Kier molecular flexibility index (Phi) is 5.08. The van der Waals surface area contributed by atoms with Crippen LogP contribution in [0.5, 0.6) is 0 Å². The maximum atomic E-state index is 9.73. The second kappa shape index (κ2) is 13.3. The predicted octanol–water partition coefficient (Wildman–Crippen LogP) is 14.1. The molecule has 0 aliphatic carbocycles. The van der Waals surface area contributed by atoms with Crippen molar-refractivity contribution in [2.45, 2.75) is 0 Å². The van der Waals surface area contributed by atoms with Gasteiger partial charge in [-0.2, -0.15) is 0 Å². The third kappa shape index (κ3) is 5.96. The van der Waals surface area contributed by atoms with E-state index in [2.05, 4.69) is 6.07 Å². The van der Waals surface area contributed by atoms with E-state index in [0.29, 0.717) is 5.56 Å².